The highest BCUT2D eigenvalue weighted by Gasteiger charge is 2.47. The molecule has 1 atom stereocenters. The number of ketones is 1. The van der Waals surface area contributed by atoms with Crippen LogP contribution in [0.15, 0.2) is 72.3 Å². The molecule has 8 heteroatoms. The lowest BCUT2D eigenvalue weighted by Gasteiger charge is -2.25. The van der Waals surface area contributed by atoms with Crippen molar-refractivity contribution in [2.45, 2.75) is 6.04 Å². The molecule has 1 saturated heterocycles. The average Bonchev–Trinajstić information content (AvgIpc) is 3.09. The van der Waals surface area contributed by atoms with Gasteiger partial charge in [-0.1, -0.05) is 23.7 Å². The minimum absolute atomic E-state index is 0.0269. The van der Waals surface area contributed by atoms with E-state index in [2.05, 4.69) is 0 Å². The fourth-order valence-corrected chi connectivity index (χ4v) is 3.94. The molecule has 0 bridgehead atoms. The number of aromatic hydroxyl groups is 1. The number of nitrogens with zero attached hydrogens (tertiary/aromatic N) is 1. The van der Waals surface area contributed by atoms with Gasteiger partial charge in [-0.05, 0) is 54.1 Å². The molecule has 1 amide bonds. The van der Waals surface area contributed by atoms with E-state index < -0.39 is 17.7 Å². The Bertz CT molecular complexity index is 1250. The molecule has 7 nitrogen and oxygen atoms in total. The number of hydrogen-bond acceptors (Lipinski definition) is 6. The van der Waals surface area contributed by atoms with Crippen molar-refractivity contribution in [3.63, 3.8) is 0 Å². The number of benzene rings is 3. The second-order valence-electron chi connectivity index (χ2n) is 7.30. The molecule has 1 heterocycles. The molecule has 168 valence electrons. The first kappa shape index (κ1) is 22.2. The first-order valence-electron chi connectivity index (χ1n) is 9.93. The average molecular weight is 466 g/mol. The number of phenols is 1. The predicted molar refractivity (Wildman–Crippen MR) is 124 cm³/mol. The molecule has 1 unspecified atom stereocenters. The van der Waals surface area contributed by atoms with Crippen molar-refractivity contribution in [2.75, 3.05) is 19.1 Å². The highest BCUT2D eigenvalue weighted by atomic mass is 35.5. The van der Waals surface area contributed by atoms with E-state index in [1.54, 1.807) is 54.6 Å². The van der Waals surface area contributed by atoms with Gasteiger partial charge in [-0.3, -0.25) is 14.5 Å². The third kappa shape index (κ3) is 3.99. The number of phenolic OH excluding ortho intramolecular Hbond substituents is 1. The molecule has 0 aliphatic carbocycles. The smallest absolute Gasteiger partial charge is 0.300 e. The Kier molecular flexibility index (Phi) is 5.98. The number of ether oxygens (including phenoxy) is 2. The third-order valence-corrected chi connectivity index (χ3v) is 5.67. The van der Waals surface area contributed by atoms with E-state index in [9.17, 15) is 19.8 Å². The Hall–Kier alpha value is -3.97. The normalized spacial score (nSPS) is 17.3. The summed E-state index contributed by atoms with van der Waals surface area (Å²) in [6, 6.07) is 16.3. The van der Waals surface area contributed by atoms with Gasteiger partial charge in [-0.15, -0.1) is 0 Å². The van der Waals surface area contributed by atoms with Gasteiger partial charge in [0.25, 0.3) is 11.7 Å². The van der Waals surface area contributed by atoms with Gasteiger partial charge in [0.05, 0.1) is 31.4 Å². The zero-order chi connectivity index (χ0) is 23.7. The van der Waals surface area contributed by atoms with Crippen molar-refractivity contribution in [3.05, 3.63) is 88.5 Å². The summed E-state index contributed by atoms with van der Waals surface area (Å²) >= 11 is 6.00. The number of aliphatic hydroxyl groups excluding tert-OH is 1. The summed E-state index contributed by atoms with van der Waals surface area (Å²) in [5, 5.41) is 21.5. The van der Waals surface area contributed by atoms with Gasteiger partial charge in [-0.25, -0.2) is 0 Å². The maximum absolute atomic E-state index is 13.2. The maximum Gasteiger partial charge on any atom is 0.300 e. The molecule has 0 saturated carbocycles. The number of rotatable bonds is 5. The molecule has 1 fully saturated rings. The molecule has 3 aromatic carbocycles. The van der Waals surface area contributed by atoms with Crippen molar-refractivity contribution in [1.29, 1.82) is 0 Å². The van der Waals surface area contributed by atoms with Gasteiger partial charge >= 0.3 is 0 Å². The molecular weight excluding hydrogens is 446 g/mol. The van der Waals surface area contributed by atoms with Crippen molar-refractivity contribution >= 4 is 34.7 Å². The topological polar surface area (TPSA) is 96.3 Å². The Morgan fingerprint density at radius 2 is 1.61 bits per heavy atom. The minimum atomic E-state index is -0.946. The predicted octanol–water partition coefficient (Wildman–Crippen LogP) is 4.69. The van der Waals surface area contributed by atoms with Gasteiger partial charge in [0.2, 0.25) is 0 Å². The number of amides is 1. The summed E-state index contributed by atoms with van der Waals surface area (Å²) in [4.78, 5) is 27.6. The highest BCUT2D eigenvalue weighted by Crippen LogP contribution is 2.44. The minimum Gasteiger partial charge on any atom is -0.508 e. The lowest BCUT2D eigenvalue weighted by Crippen LogP contribution is -2.29. The van der Waals surface area contributed by atoms with Crippen molar-refractivity contribution < 1.29 is 29.3 Å². The number of hydrogen-bond donors (Lipinski definition) is 2. The fourth-order valence-electron chi connectivity index (χ4n) is 3.81. The second-order valence-corrected chi connectivity index (χ2v) is 7.74. The largest absolute Gasteiger partial charge is 0.508 e. The molecule has 4 rings (SSSR count). The van der Waals surface area contributed by atoms with Crippen molar-refractivity contribution in [2.24, 2.45) is 0 Å². The number of carbonyl (C=O) groups is 2. The Balaban J connectivity index is 1.95. The SMILES string of the molecule is COc1ccc(/C(O)=C2/C(=O)C(=O)N(c3ccc(Cl)cc3)C2c2ccc(O)cc2)c(OC)c1. The lowest BCUT2D eigenvalue weighted by atomic mass is 9.94. The van der Waals surface area contributed by atoms with E-state index in [-0.39, 0.29) is 28.4 Å². The van der Waals surface area contributed by atoms with Crippen LogP contribution in [0.2, 0.25) is 5.02 Å². The monoisotopic (exact) mass is 465 g/mol. The molecule has 1 aliphatic heterocycles. The summed E-state index contributed by atoms with van der Waals surface area (Å²) in [7, 11) is 2.92. The number of carbonyl (C=O) groups excluding carboxylic acids is 2. The summed E-state index contributed by atoms with van der Waals surface area (Å²) in [6.45, 7) is 0. The van der Waals surface area contributed by atoms with E-state index in [1.807, 2.05) is 0 Å². The number of halogens is 1. The van der Waals surface area contributed by atoms with Crippen LogP contribution in [0.25, 0.3) is 5.76 Å². The van der Waals surface area contributed by atoms with Gasteiger partial charge in [0, 0.05) is 16.8 Å². The van der Waals surface area contributed by atoms with Gasteiger partial charge in [0.1, 0.15) is 23.0 Å². The van der Waals surface area contributed by atoms with Gasteiger partial charge < -0.3 is 19.7 Å². The van der Waals surface area contributed by atoms with Crippen LogP contribution >= 0.6 is 11.6 Å². The number of Topliss-reactive ketones (excluding diaryl/α,β-unsaturated/α-hetero) is 1. The zero-order valence-electron chi connectivity index (χ0n) is 17.8. The Morgan fingerprint density at radius 3 is 2.21 bits per heavy atom. The van der Waals surface area contributed by atoms with E-state index in [0.29, 0.717) is 22.0 Å². The summed E-state index contributed by atoms with van der Waals surface area (Å²) in [5.74, 6) is -1.24. The maximum atomic E-state index is 13.2. The van der Waals surface area contributed by atoms with Crippen LogP contribution in [-0.2, 0) is 9.59 Å². The van der Waals surface area contributed by atoms with E-state index >= 15 is 0 Å². The third-order valence-electron chi connectivity index (χ3n) is 5.42. The molecule has 3 aromatic rings. The van der Waals surface area contributed by atoms with Gasteiger partial charge in [0.15, 0.2) is 0 Å². The van der Waals surface area contributed by atoms with Gasteiger partial charge in [-0.2, -0.15) is 0 Å². The van der Waals surface area contributed by atoms with Crippen LogP contribution in [0.3, 0.4) is 0 Å². The van der Waals surface area contributed by atoms with Crippen LogP contribution < -0.4 is 14.4 Å². The van der Waals surface area contributed by atoms with E-state index in [1.165, 1.54) is 31.3 Å². The number of anilines is 1. The summed E-state index contributed by atoms with van der Waals surface area (Å²) in [6.07, 6.45) is 0. The summed E-state index contributed by atoms with van der Waals surface area (Å²) in [5.41, 5.74) is 1.08. The second kappa shape index (κ2) is 8.88. The molecule has 33 heavy (non-hydrogen) atoms. The summed E-state index contributed by atoms with van der Waals surface area (Å²) < 4.78 is 10.6. The molecule has 0 aromatic heterocycles. The molecule has 0 spiro atoms. The first-order chi connectivity index (χ1) is 15.8. The standard InChI is InChI=1S/C25H20ClNO6/c1-32-18-11-12-19(20(13-18)33-2)23(29)21-22(14-3-9-17(28)10-4-14)27(25(31)24(21)30)16-7-5-15(26)6-8-16/h3-13,22,28-29H,1-2H3/b23-21-. The van der Waals surface area contributed by atoms with E-state index in [4.69, 9.17) is 21.1 Å². The van der Waals surface area contributed by atoms with E-state index in [0.717, 1.165) is 0 Å². The Morgan fingerprint density at radius 1 is 0.939 bits per heavy atom. The molecule has 1 aliphatic rings. The quantitative estimate of drug-likeness (QED) is 0.322. The lowest BCUT2D eigenvalue weighted by molar-refractivity contribution is -0.132. The van der Waals surface area contributed by atoms with Crippen molar-refractivity contribution in [3.8, 4) is 17.2 Å². The molecule has 0 radical (unpaired) electrons. The van der Waals surface area contributed by atoms with Crippen LogP contribution in [-0.4, -0.2) is 36.1 Å². The highest BCUT2D eigenvalue weighted by molar-refractivity contribution is 6.51. The van der Waals surface area contributed by atoms with Crippen LogP contribution in [0.4, 0.5) is 5.69 Å². The molecule has 2 N–H and O–H groups in total. The van der Waals surface area contributed by atoms with Crippen LogP contribution in [0, 0.1) is 0 Å². The first-order valence-corrected chi connectivity index (χ1v) is 10.3. The number of aliphatic hydroxyl groups is 1. The Labute approximate surface area is 195 Å². The zero-order valence-corrected chi connectivity index (χ0v) is 18.5. The fraction of sp³-hybridized carbons (Fsp3) is 0.120. The molecular formula is C25H20ClNO6. The van der Waals surface area contributed by atoms with Crippen molar-refractivity contribution in [1.82, 2.24) is 0 Å². The van der Waals surface area contributed by atoms with Crippen LogP contribution in [0.5, 0.6) is 17.2 Å². The van der Waals surface area contributed by atoms with Crippen LogP contribution in [0.1, 0.15) is 17.2 Å². The number of methoxy groups -OCH3 is 2.